The standard InChI is InChI=1S/C14H17N5S/c1-9-12-13(19(4)17-9)16-14(20-12)18(3)10(2)11-6-5-7-15-8-11/h5-8,10H,1-4H3/t10-/m0/s1. The molecule has 1 atom stereocenters. The molecule has 0 saturated carbocycles. The number of fused-ring (bicyclic) bond motifs is 1. The molecule has 20 heavy (non-hydrogen) atoms. The predicted molar refractivity (Wildman–Crippen MR) is 82.2 cm³/mol. The molecule has 0 aliphatic heterocycles. The molecule has 3 rings (SSSR count). The summed E-state index contributed by atoms with van der Waals surface area (Å²) in [5.41, 5.74) is 3.17. The summed E-state index contributed by atoms with van der Waals surface area (Å²) in [4.78, 5) is 11.1. The molecule has 104 valence electrons. The van der Waals surface area contributed by atoms with E-state index in [-0.39, 0.29) is 6.04 Å². The highest BCUT2D eigenvalue weighted by molar-refractivity contribution is 7.22. The number of rotatable bonds is 3. The Labute approximate surface area is 121 Å². The zero-order chi connectivity index (χ0) is 14.3. The van der Waals surface area contributed by atoms with Crippen LogP contribution in [0.15, 0.2) is 24.5 Å². The first kappa shape index (κ1) is 13.1. The van der Waals surface area contributed by atoms with Crippen molar-refractivity contribution in [2.24, 2.45) is 7.05 Å². The maximum Gasteiger partial charge on any atom is 0.188 e. The van der Waals surface area contributed by atoms with Crippen molar-refractivity contribution in [3.8, 4) is 0 Å². The second-order valence-electron chi connectivity index (χ2n) is 4.93. The van der Waals surface area contributed by atoms with E-state index >= 15 is 0 Å². The third-order valence-corrected chi connectivity index (χ3v) is 4.83. The molecule has 0 unspecified atom stereocenters. The van der Waals surface area contributed by atoms with Gasteiger partial charge < -0.3 is 4.90 Å². The Balaban J connectivity index is 1.96. The van der Waals surface area contributed by atoms with Crippen LogP contribution in [0.25, 0.3) is 10.3 Å². The quantitative estimate of drug-likeness (QED) is 0.743. The average molecular weight is 287 g/mol. The van der Waals surface area contributed by atoms with Gasteiger partial charge in [-0.1, -0.05) is 17.4 Å². The third-order valence-electron chi connectivity index (χ3n) is 3.58. The number of hydrogen-bond acceptors (Lipinski definition) is 5. The van der Waals surface area contributed by atoms with Crippen molar-refractivity contribution < 1.29 is 0 Å². The Kier molecular flexibility index (Phi) is 3.17. The number of aryl methyl sites for hydroxylation is 2. The second kappa shape index (κ2) is 4.86. The van der Waals surface area contributed by atoms with Crippen LogP contribution < -0.4 is 4.90 Å². The highest BCUT2D eigenvalue weighted by Crippen LogP contribution is 2.33. The van der Waals surface area contributed by atoms with Gasteiger partial charge in [0.15, 0.2) is 10.8 Å². The molecule has 5 nitrogen and oxygen atoms in total. The fourth-order valence-electron chi connectivity index (χ4n) is 2.24. The zero-order valence-electron chi connectivity index (χ0n) is 12.0. The van der Waals surface area contributed by atoms with Gasteiger partial charge in [0.2, 0.25) is 0 Å². The molecule has 0 aromatic carbocycles. The Bertz CT molecular complexity index is 696. The van der Waals surface area contributed by atoms with Crippen LogP contribution in [0.5, 0.6) is 0 Å². The van der Waals surface area contributed by atoms with Gasteiger partial charge in [-0.2, -0.15) is 5.10 Å². The molecular formula is C14H17N5S. The van der Waals surface area contributed by atoms with Crippen molar-refractivity contribution in [2.45, 2.75) is 19.9 Å². The summed E-state index contributed by atoms with van der Waals surface area (Å²) in [6.45, 7) is 4.18. The first-order chi connectivity index (χ1) is 9.58. The Hall–Kier alpha value is -1.95. The SMILES string of the molecule is Cc1nn(C)c2nc(N(C)[C@@H](C)c3cccnc3)sc12. The molecule has 0 spiro atoms. The molecule has 0 N–H and O–H groups in total. The van der Waals surface area contributed by atoms with Crippen LogP contribution >= 0.6 is 11.3 Å². The maximum absolute atomic E-state index is 4.70. The van der Waals surface area contributed by atoms with E-state index in [1.165, 1.54) is 5.56 Å². The van der Waals surface area contributed by atoms with Crippen molar-refractivity contribution in [2.75, 3.05) is 11.9 Å². The monoisotopic (exact) mass is 287 g/mol. The van der Waals surface area contributed by atoms with Crippen LogP contribution in [0.3, 0.4) is 0 Å². The smallest absolute Gasteiger partial charge is 0.188 e. The van der Waals surface area contributed by atoms with Crippen molar-refractivity contribution in [3.05, 3.63) is 35.8 Å². The highest BCUT2D eigenvalue weighted by Gasteiger charge is 2.18. The number of nitrogens with zero attached hydrogens (tertiary/aromatic N) is 5. The summed E-state index contributed by atoms with van der Waals surface area (Å²) < 4.78 is 3.00. The van der Waals surface area contributed by atoms with Crippen LogP contribution in [-0.4, -0.2) is 26.8 Å². The first-order valence-corrected chi connectivity index (χ1v) is 7.32. The molecule has 3 aromatic rings. The average Bonchev–Trinajstić information content (AvgIpc) is 3.01. The first-order valence-electron chi connectivity index (χ1n) is 6.51. The van der Waals surface area contributed by atoms with Crippen LogP contribution in [0, 0.1) is 6.92 Å². The maximum atomic E-state index is 4.70. The Morgan fingerprint density at radius 2 is 2.20 bits per heavy atom. The molecule has 3 heterocycles. The minimum absolute atomic E-state index is 0.234. The van der Waals surface area contributed by atoms with Gasteiger partial charge in [0.25, 0.3) is 0 Å². The molecule has 0 bridgehead atoms. The third kappa shape index (κ3) is 2.06. The zero-order valence-corrected chi connectivity index (χ0v) is 12.8. The van der Waals surface area contributed by atoms with Gasteiger partial charge in [0, 0.05) is 26.5 Å². The Morgan fingerprint density at radius 3 is 2.85 bits per heavy atom. The highest BCUT2D eigenvalue weighted by atomic mass is 32.1. The lowest BCUT2D eigenvalue weighted by molar-refractivity contribution is 0.729. The number of aromatic nitrogens is 4. The van der Waals surface area contributed by atoms with Gasteiger partial charge in [-0.15, -0.1) is 0 Å². The van der Waals surface area contributed by atoms with E-state index in [2.05, 4.69) is 35.0 Å². The van der Waals surface area contributed by atoms with Crippen molar-refractivity contribution in [1.82, 2.24) is 19.7 Å². The van der Waals surface area contributed by atoms with Crippen LogP contribution in [0.4, 0.5) is 5.13 Å². The molecular weight excluding hydrogens is 270 g/mol. The number of hydrogen-bond donors (Lipinski definition) is 0. The molecule has 0 aliphatic carbocycles. The summed E-state index contributed by atoms with van der Waals surface area (Å²) in [5.74, 6) is 0. The van der Waals surface area contributed by atoms with Gasteiger partial charge in [-0.25, -0.2) is 9.67 Å². The number of thiazole rings is 1. The van der Waals surface area contributed by atoms with E-state index in [0.29, 0.717) is 0 Å². The van der Waals surface area contributed by atoms with Crippen molar-refractivity contribution >= 4 is 26.8 Å². The molecule has 0 saturated heterocycles. The summed E-state index contributed by atoms with van der Waals surface area (Å²) in [5, 5.41) is 5.40. The molecule has 0 radical (unpaired) electrons. The topological polar surface area (TPSA) is 46.8 Å². The minimum Gasteiger partial charge on any atom is -0.344 e. The second-order valence-corrected chi connectivity index (χ2v) is 5.91. The van der Waals surface area contributed by atoms with E-state index < -0.39 is 0 Å². The van der Waals surface area contributed by atoms with Crippen molar-refractivity contribution in [1.29, 1.82) is 0 Å². The molecule has 0 amide bonds. The van der Waals surface area contributed by atoms with Gasteiger partial charge in [0.1, 0.15) is 0 Å². The number of anilines is 1. The fourth-order valence-corrected chi connectivity index (χ4v) is 3.31. The van der Waals surface area contributed by atoms with E-state index in [9.17, 15) is 0 Å². The van der Waals surface area contributed by atoms with Gasteiger partial charge in [-0.3, -0.25) is 4.98 Å². The molecule has 0 aliphatic rings. The lowest BCUT2D eigenvalue weighted by atomic mass is 10.1. The summed E-state index contributed by atoms with van der Waals surface area (Å²) in [6, 6.07) is 4.29. The lowest BCUT2D eigenvalue weighted by Gasteiger charge is -2.24. The fraction of sp³-hybridized carbons (Fsp3) is 0.357. The summed E-state index contributed by atoms with van der Waals surface area (Å²) >= 11 is 1.69. The van der Waals surface area contributed by atoms with Crippen LogP contribution in [-0.2, 0) is 7.05 Å². The van der Waals surface area contributed by atoms with Crippen molar-refractivity contribution in [3.63, 3.8) is 0 Å². The minimum atomic E-state index is 0.234. The lowest BCUT2D eigenvalue weighted by Crippen LogP contribution is -2.21. The summed E-state index contributed by atoms with van der Waals surface area (Å²) in [6.07, 6.45) is 3.70. The molecule has 6 heteroatoms. The van der Waals surface area contributed by atoms with Crippen LogP contribution in [0.1, 0.15) is 24.2 Å². The van der Waals surface area contributed by atoms with Gasteiger partial charge >= 0.3 is 0 Å². The van der Waals surface area contributed by atoms with E-state index in [0.717, 1.165) is 21.2 Å². The largest absolute Gasteiger partial charge is 0.344 e. The number of pyridine rings is 1. The van der Waals surface area contributed by atoms with E-state index in [1.807, 2.05) is 30.9 Å². The Morgan fingerprint density at radius 1 is 1.40 bits per heavy atom. The summed E-state index contributed by atoms with van der Waals surface area (Å²) in [7, 11) is 4.00. The molecule has 0 fully saturated rings. The van der Waals surface area contributed by atoms with E-state index in [1.54, 1.807) is 17.5 Å². The molecule has 3 aromatic heterocycles. The van der Waals surface area contributed by atoms with Gasteiger partial charge in [-0.05, 0) is 25.5 Å². The normalized spacial score (nSPS) is 12.8. The van der Waals surface area contributed by atoms with E-state index in [4.69, 9.17) is 4.98 Å². The van der Waals surface area contributed by atoms with Gasteiger partial charge in [0.05, 0.1) is 16.4 Å². The predicted octanol–water partition coefficient (Wildman–Crippen LogP) is 2.93. The van der Waals surface area contributed by atoms with Crippen LogP contribution in [0.2, 0.25) is 0 Å².